The molecule has 23 nitrogen and oxygen atoms in total. The molecule has 0 aromatic heterocycles. The van der Waals surface area contributed by atoms with Gasteiger partial charge >= 0.3 is 23.9 Å². The van der Waals surface area contributed by atoms with Crippen LogP contribution in [0.2, 0.25) is 0 Å². The summed E-state index contributed by atoms with van der Waals surface area (Å²) in [4.78, 5) is 155. The van der Waals surface area contributed by atoms with Crippen LogP contribution in [0.25, 0.3) is 0 Å². The predicted octanol–water partition coefficient (Wildman–Crippen LogP) is 1.81. The predicted molar refractivity (Wildman–Crippen MR) is 241 cm³/mol. The Kier molecular flexibility index (Phi) is 29.9. The second kappa shape index (κ2) is 33.7. The lowest BCUT2D eigenvalue weighted by atomic mass is 10.1. The number of nitrogens with zero attached hydrogens (tertiary/aromatic N) is 5. The second-order valence-electron chi connectivity index (χ2n) is 14.3. The van der Waals surface area contributed by atoms with E-state index in [2.05, 4.69) is 5.32 Å². The number of aryl methyl sites for hydroxylation is 1. The van der Waals surface area contributed by atoms with Crippen LogP contribution < -0.4 is 5.32 Å². The first-order valence-corrected chi connectivity index (χ1v) is 21.5. The van der Waals surface area contributed by atoms with Gasteiger partial charge in [-0.25, -0.2) is 4.79 Å². The van der Waals surface area contributed by atoms with Crippen LogP contribution in [-0.2, 0) is 48.0 Å². The van der Waals surface area contributed by atoms with Crippen LogP contribution >= 0.6 is 0 Å². The lowest BCUT2D eigenvalue weighted by Gasteiger charge is -2.30. The van der Waals surface area contributed by atoms with Crippen molar-refractivity contribution < 1.29 is 82.8 Å². The fourth-order valence-electron chi connectivity index (χ4n) is 5.86. The van der Waals surface area contributed by atoms with Gasteiger partial charge in [-0.1, -0.05) is 44.5 Å². The zero-order valence-electron chi connectivity index (χ0n) is 38.9. The van der Waals surface area contributed by atoms with E-state index in [9.17, 15) is 68.1 Å². The van der Waals surface area contributed by atoms with Crippen LogP contribution in [0, 0.1) is 6.92 Å². The van der Waals surface area contributed by atoms with Gasteiger partial charge in [-0.15, -0.1) is 0 Å². The number of rotatable bonds is 27. The van der Waals surface area contributed by atoms with Gasteiger partial charge < -0.3 is 55.0 Å². The number of nitrogens with one attached hydrogen (secondary N) is 1. The summed E-state index contributed by atoms with van der Waals surface area (Å²) in [6.45, 7) is 3.50. The standard InChI is InChI=1S/C42H54N6O15.C2H6.CH2O2/c1-4-18-45(36(53)27-48(21-16-38(56)57)41(61)31-12-8-13-32(24-31)42(62)63-44(3)33(50)14-9-22-49)25-35(52)47(20-15-37(54)55)26-34(51)46(28-39(58)59)19-6-5-17-43-40(60)30-11-7-10-29(2)23-30;1-2;2-1-3/h7-8,10-13,22-24H,4-6,9,14-21,25-28H2,1-3H3,(H,43,60)(H,54,55)(H,56,57)(H,58,59);1-2H3;1H,(H,2,3). The summed E-state index contributed by atoms with van der Waals surface area (Å²) in [6.07, 6.45) is -0.0682. The van der Waals surface area contributed by atoms with E-state index >= 15 is 0 Å². The van der Waals surface area contributed by atoms with Crippen molar-refractivity contribution in [2.24, 2.45) is 0 Å². The molecule has 2 aromatic rings. The van der Waals surface area contributed by atoms with Crippen LogP contribution in [-0.4, -0.2) is 183 Å². The van der Waals surface area contributed by atoms with Gasteiger partial charge in [0.1, 0.15) is 19.4 Å². The van der Waals surface area contributed by atoms with Crippen molar-refractivity contribution in [2.45, 2.75) is 72.6 Å². The Bertz CT molecular complexity index is 2040. The monoisotopic (exact) mass is 958 g/mol. The van der Waals surface area contributed by atoms with Crippen molar-refractivity contribution in [3.8, 4) is 0 Å². The van der Waals surface area contributed by atoms with Gasteiger partial charge in [-0.05, 0) is 56.5 Å². The number of benzene rings is 2. The third-order valence-electron chi connectivity index (χ3n) is 9.15. The van der Waals surface area contributed by atoms with E-state index in [1.54, 1.807) is 25.1 Å². The summed E-state index contributed by atoms with van der Waals surface area (Å²) >= 11 is 0. The number of carbonyl (C=O) groups excluding carboxylic acids is 8. The summed E-state index contributed by atoms with van der Waals surface area (Å²) in [6, 6.07) is 11.9. The van der Waals surface area contributed by atoms with Crippen molar-refractivity contribution in [1.82, 2.24) is 30.0 Å². The lowest BCUT2D eigenvalue weighted by molar-refractivity contribution is -0.161. The van der Waals surface area contributed by atoms with E-state index < -0.39 is 106 Å². The fourth-order valence-corrected chi connectivity index (χ4v) is 5.86. The third-order valence-corrected chi connectivity index (χ3v) is 9.15. The summed E-state index contributed by atoms with van der Waals surface area (Å²) < 4.78 is 0. The molecule has 2 aromatic carbocycles. The molecule has 0 heterocycles. The van der Waals surface area contributed by atoms with E-state index in [0.29, 0.717) is 29.8 Å². The number of amides is 6. The number of carboxylic acid groups (broad SMARTS) is 4. The van der Waals surface area contributed by atoms with Crippen molar-refractivity contribution in [3.63, 3.8) is 0 Å². The number of unbranched alkanes of at least 4 members (excludes halogenated alkanes) is 1. The molecule has 0 aliphatic heterocycles. The molecule has 5 N–H and O–H groups in total. The number of hydrogen-bond donors (Lipinski definition) is 5. The van der Waals surface area contributed by atoms with E-state index in [1.165, 1.54) is 18.2 Å². The van der Waals surface area contributed by atoms with Gasteiger partial charge in [0.05, 0.1) is 31.5 Å². The molecule has 374 valence electrons. The van der Waals surface area contributed by atoms with E-state index in [1.807, 2.05) is 26.8 Å². The number of carboxylic acids is 3. The Labute approximate surface area is 393 Å². The molecule has 0 aliphatic rings. The maximum absolute atomic E-state index is 13.8. The number of hydrogen-bond acceptors (Lipinski definition) is 13. The van der Waals surface area contributed by atoms with Crippen LogP contribution in [0.1, 0.15) is 102 Å². The summed E-state index contributed by atoms with van der Waals surface area (Å²) in [5.74, 6) is -9.36. The average Bonchev–Trinajstić information content (AvgIpc) is 3.30. The van der Waals surface area contributed by atoms with Gasteiger partial charge in [0, 0.05) is 63.7 Å². The van der Waals surface area contributed by atoms with Crippen molar-refractivity contribution >= 4 is 72.1 Å². The maximum atomic E-state index is 13.8. The number of carbonyl (C=O) groups is 12. The Balaban J connectivity index is 0.00000861. The van der Waals surface area contributed by atoms with Crippen molar-refractivity contribution in [1.29, 1.82) is 0 Å². The van der Waals surface area contributed by atoms with Crippen LogP contribution in [0.4, 0.5) is 0 Å². The van der Waals surface area contributed by atoms with Crippen molar-refractivity contribution in [3.05, 3.63) is 70.8 Å². The smallest absolute Gasteiger partial charge is 0.363 e. The Morgan fingerprint density at radius 3 is 1.65 bits per heavy atom. The van der Waals surface area contributed by atoms with Gasteiger partial charge in [0.25, 0.3) is 24.2 Å². The molecular formula is C45H62N6O17. The Morgan fingerprint density at radius 2 is 1.12 bits per heavy atom. The van der Waals surface area contributed by atoms with Gasteiger partial charge in [0.2, 0.25) is 17.7 Å². The van der Waals surface area contributed by atoms with Crippen LogP contribution in [0.5, 0.6) is 0 Å². The molecule has 2 rings (SSSR count). The molecule has 0 bridgehead atoms. The number of aldehydes is 1. The molecule has 0 saturated carbocycles. The average molecular weight is 959 g/mol. The summed E-state index contributed by atoms with van der Waals surface area (Å²) in [7, 11) is 1.16. The highest BCUT2D eigenvalue weighted by atomic mass is 16.7. The van der Waals surface area contributed by atoms with Crippen molar-refractivity contribution in [2.75, 3.05) is 66.0 Å². The van der Waals surface area contributed by atoms with E-state index in [-0.39, 0.29) is 62.4 Å². The Hall–Kier alpha value is -7.72. The fraction of sp³-hybridized carbons (Fsp3) is 0.467. The molecule has 0 atom stereocenters. The molecule has 0 saturated heterocycles. The highest BCUT2D eigenvalue weighted by molar-refractivity contribution is 6.00. The first-order valence-electron chi connectivity index (χ1n) is 21.5. The Morgan fingerprint density at radius 1 is 0.618 bits per heavy atom. The number of aliphatic carboxylic acids is 3. The lowest BCUT2D eigenvalue weighted by Crippen LogP contribution is -2.50. The van der Waals surface area contributed by atoms with E-state index in [0.717, 1.165) is 38.3 Å². The van der Waals surface area contributed by atoms with Crippen LogP contribution in [0.3, 0.4) is 0 Å². The summed E-state index contributed by atoms with van der Waals surface area (Å²) in [5, 5.41) is 38.6. The minimum atomic E-state index is -1.35. The minimum absolute atomic E-state index is 0.0573. The summed E-state index contributed by atoms with van der Waals surface area (Å²) in [5.41, 5.74) is 1.02. The largest absolute Gasteiger partial charge is 0.483 e. The molecule has 0 unspecified atom stereocenters. The zero-order chi connectivity index (χ0) is 51.8. The molecule has 0 aliphatic carbocycles. The molecule has 6 amide bonds. The zero-order valence-corrected chi connectivity index (χ0v) is 38.9. The van der Waals surface area contributed by atoms with E-state index in [4.69, 9.17) is 14.7 Å². The molecule has 0 fully saturated rings. The quantitative estimate of drug-likeness (QED) is 0.0484. The van der Waals surface area contributed by atoms with Crippen LogP contribution in [0.15, 0.2) is 48.5 Å². The molecule has 68 heavy (non-hydrogen) atoms. The molecule has 0 radical (unpaired) electrons. The maximum Gasteiger partial charge on any atom is 0.363 e. The highest BCUT2D eigenvalue weighted by Crippen LogP contribution is 2.13. The van der Waals surface area contributed by atoms with Gasteiger partial charge in [-0.3, -0.25) is 47.9 Å². The van der Waals surface area contributed by atoms with Gasteiger partial charge in [-0.2, -0.15) is 5.06 Å². The topological polar surface area (TPSA) is 323 Å². The molecular weight excluding hydrogens is 897 g/mol. The highest BCUT2D eigenvalue weighted by Gasteiger charge is 2.29. The SMILES string of the molecule is CC.CCCN(CC(=O)N(CCC(=O)O)CC(=O)N(CCCCNC(=O)c1cccc(C)c1)CC(=O)O)C(=O)CN(CCC(=O)O)C(=O)c1cccc(C(=O)ON(C)C(=O)CCC=O)c1.O=CO. The minimum Gasteiger partial charge on any atom is -0.483 e. The van der Waals surface area contributed by atoms with Gasteiger partial charge in [0.15, 0.2) is 0 Å². The first kappa shape index (κ1) is 60.3. The number of hydroxylamine groups is 2. The third kappa shape index (κ3) is 24.0. The molecule has 23 heteroatoms. The molecule has 0 spiro atoms. The normalized spacial score (nSPS) is 9.96. The second-order valence-corrected chi connectivity index (χ2v) is 14.3. The first-order chi connectivity index (χ1) is 32.3.